The molecule has 0 radical (unpaired) electrons. The first-order chi connectivity index (χ1) is 14.0. The van der Waals surface area contributed by atoms with Crippen LogP contribution in [0.1, 0.15) is 18.4 Å². The average Bonchev–Trinajstić information content (AvgIpc) is 2.74. The molecule has 1 heterocycles. The van der Waals surface area contributed by atoms with Crippen LogP contribution in [0.2, 0.25) is 0 Å². The van der Waals surface area contributed by atoms with Gasteiger partial charge >= 0.3 is 6.03 Å². The standard InChI is InChI=1S/C23H30FN3O2/c1-26(23(28)25-21-9-7-20(24)8-10-21)16-19-4-3-14-27(17-19)15-13-18-5-11-22(29-2)12-6-18/h5-12,19H,3-4,13-17H2,1-2H3,(H,25,28). The van der Waals surface area contributed by atoms with Crippen molar-refractivity contribution in [1.29, 1.82) is 0 Å². The fourth-order valence-electron chi connectivity index (χ4n) is 3.81. The number of piperidine rings is 1. The van der Waals surface area contributed by atoms with Gasteiger partial charge in [-0.3, -0.25) is 0 Å². The Labute approximate surface area is 172 Å². The number of nitrogens with one attached hydrogen (secondary N) is 1. The average molecular weight is 400 g/mol. The predicted molar refractivity (Wildman–Crippen MR) is 114 cm³/mol. The van der Waals surface area contributed by atoms with Crippen LogP contribution < -0.4 is 10.1 Å². The van der Waals surface area contributed by atoms with Gasteiger partial charge in [0.1, 0.15) is 11.6 Å². The first-order valence-electron chi connectivity index (χ1n) is 10.2. The van der Waals surface area contributed by atoms with Crippen LogP contribution in [0.25, 0.3) is 0 Å². The summed E-state index contributed by atoms with van der Waals surface area (Å²) in [5, 5.41) is 2.82. The van der Waals surface area contributed by atoms with E-state index in [9.17, 15) is 9.18 Å². The zero-order valence-corrected chi connectivity index (χ0v) is 17.2. The fourth-order valence-corrected chi connectivity index (χ4v) is 3.81. The van der Waals surface area contributed by atoms with Crippen LogP contribution in [0, 0.1) is 11.7 Å². The van der Waals surface area contributed by atoms with E-state index in [1.807, 2.05) is 19.2 Å². The van der Waals surface area contributed by atoms with Crippen LogP contribution in [0.4, 0.5) is 14.9 Å². The quantitative estimate of drug-likeness (QED) is 0.757. The number of methoxy groups -OCH3 is 1. The van der Waals surface area contributed by atoms with Crippen molar-refractivity contribution in [3.05, 3.63) is 59.9 Å². The molecule has 5 nitrogen and oxygen atoms in total. The molecule has 1 aliphatic rings. The third-order valence-electron chi connectivity index (χ3n) is 5.45. The zero-order valence-electron chi connectivity index (χ0n) is 17.2. The highest BCUT2D eigenvalue weighted by Gasteiger charge is 2.22. The van der Waals surface area contributed by atoms with Gasteiger partial charge in [0.25, 0.3) is 0 Å². The summed E-state index contributed by atoms with van der Waals surface area (Å²) in [6, 6.07) is 13.9. The van der Waals surface area contributed by atoms with Gasteiger partial charge in [-0.15, -0.1) is 0 Å². The van der Waals surface area contributed by atoms with Crippen LogP contribution in [-0.4, -0.2) is 56.2 Å². The Bertz CT molecular complexity index is 780. The Morgan fingerprint density at radius 2 is 1.93 bits per heavy atom. The number of urea groups is 1. The highest BCUT2D eigenvalue weighted by Crippen LogP contribution is 2.19. The fraction of sp³-hybridized carbons (Fsp3) is 0.435. The second-order valence-electron chi connectivity index (χ2n) is 7.72. The second kappa shape index (κ2) is 10.3. The predicted octanol–water partition coefficient (Wildman–Crippen LogP) is 4.25. The van der Waals surface area contributed by atoms with Gasteiger partial charge in [0.05, 0.1) is 7.11 Å². The van der Waals surface area contributed by atoms with Crippen molar-refractivity contribution < 1.29 is 13.9 Å². The molecule has 29 heavy (non-hydrogen) atoms. The molecule has 0 spiro atoms. The van der Waals surface area contributed by atoms with Crippen LogP contribution in [0.3, 0.4) is 0 Å². The molecule has 1 fully saturated rings. The van der Waals surface area contributed by atoms with E-state index in [0.29, 0.717) is 18.2 Å². The summed E-state index contributed by atoms with van der Waals surface area (Å²) < 4.78 is 18.2. The topological polar surface area (TPSA) is 44.8 Å². The van der Waals surface area contributed by atoms with Gasteiger partial charge in [-0.25, -0.2) is 9.18 Å². The summed E-state index contributed by atoms with van der Waals surface area (Å²) in [7, 11) is 3.50. The third-order valence-corrected chi connectivity index (χ3v) is 5.45. The lowest BCUT2D eigenvalue weighted by atomic mass is 9.97. The number of benzene rings is 2. The van der Waals surface area contributed by atoms with E-state index in [1.54, 1.807) is 24.1 Å². The molecule has 1 unspecified atom stereocenters. The Morgan fingerprint density at radius 1 is 1.21 bits per heavy atom. The van der Waals surface area contributed by atoms with Gasteiger partial charge in [0, 0.05) is 32.4 Å². The lowest BCUT2D eigenvalue weighted by molar-refractivity contribution is 0.150. The second-order valence-corrected chi connectivity index (χ2v) is 7.72. The molecule has 0 aliphatic carbocycles. The lowest BCUT2D eigenvalue weighted by Crippen LogP contribution is -2.43. The van der Waals surface area contributed by atoms with Crippen molar-refractivity contribution >= 4 is 11.7 Å². The van der Waals surface area contributed by atoms with E-state index in [0.717, 1.165) is 44.6 Å². The molecule has 156 valence electrons. The third kappa shape index (κ3) is 6.46. The normalized spacial score (nSPS) is 17.0. The molecule has 1 N–H and O–H groups in total. The summed E-state index contributed by atoms with van der Waals surface area (Å²) in [6.45, 7) is 3.85. The summed E-state index contributed by atoms with van der Waals surface area (Å²) in [5.74, 6) is 1.03. The number of carbonyl (C=O) groups is 1. The van der Waals surface area contributed by atoms with E-state index < -0.39 is 0 Å². The minimum Gasteiger partial charge on any atom is -0.497 e. The Kier molecular flexibility index (Phi) is 7.47. The molecule has 3 rings (SSSR count). The van der Waals surface area contributed by atoms with Crippen LogP contribution in [0.5, 0.6) is 5.75 Å². The van der Waals surface area contributed by atoms with Gasteiger partial charge in [-0.2, -0.15) is 0 Å². The molecule has 0 bridgehead atoms. The highest BCUT2D eigenvalue weighted by atomic mass is 19.1. The Balaban J connectivity index is 1.44. The maximum Gasteiger partial charge on any atom is 0.321 e. The van der Waals surface area contributed by atoms with Crippen molar-refractivity contribution in [3.8, 4) is 5.75 Å². The van der Waals surface area contributed by atoms with Gasteiger partial charge < -0.3 is 19.9 Å². The number of likely N-dealkylation sites (tertiary alicyclic amines) is 1. The summed E-state index contributed by atoms with van der Waals surface area (Å²) in [4.78, 5) is 16.6. The number of hydrogen-bond acceptors (Lipinski definition) is 3. The smallest absolute Gasteiger partial charge is 0.321 e. The molecule has 1 atom stereocenters. The molecule has 2 amide bonds. The van der Waals surface area contributed by atoms with Gasteiger partial charge in [0.15, 0.2) is 0 Å². The molecule has 0 saturated carbocycles. The molecule has 1 aliphatic heterocycles. The van der Waals surface area contributed by atoms with E-state index in [-0.39, 0.29) is 11.8 Å². The number of nitrogens with zero attached hydrogens (tertiary/aromatic N) is 2. The molecule has 2 aromatic carbocycles. The first-order valence-corrected chi connectivity index (χ1v) is 10.2. The largest absolute Gasteiger partial charge is 0.497 e. The van der Waals surface area contributed by atoms with Crippen molar-refractivity contribution in [2.75, 3.05) is 45.7 Å². The van der Waals surface area contributed by atoms with Crippen LogP contribution >= 0.6 is 0 Å². The van der Waals surface area contributed by atoms with E-state index >= 15 is 0 Å². The SMILES string of the molecule is COc1ccc(CCN2CCCC(CN(C)C(=O)Nc3ccc(F)cc3)C2)cc1. The number of carbonyl (C=O) groups excluding carboxylic acids is 1. The van der Waals surface area contributed by atoms with E-state index in [1.165, 1.54) is 17.7 Å². The number of rotatable bonds is 7. The number of hydrogen-bond donors (Lipinski definition) is 1. The van der Waals surface area contributed by atoms with E-state index in [4.69, 9.17) is 4.74 Å². The maximum absolute atomic E-state index is 13.0. The monoisotopic (exact) mass is 399 g/mol. The maximum atomic E-state index is 13.0. The Morgan fingerprint density at radius 3 is 2.62 bits per heavy atom. The zero-order chi connectivity index (χ0) is 20.6. The van der Waals surface area contributed by atoms with Crippen LogP contribution in [0.15, 0.2) is 48.5 Å². The van der Waals surface area contributed by atoms with Gasteiger partial charge in [-0.1, -0.05) is 12.1 Å². The van der Waals surface area contributed by atoms with Crippen molar-refractivity contribution in [2.24, 2.45) is 5.92 Å². The number of anilines is 1. The summed E-state index contributed by atoms with van der Waals surface area (Å²) >= 11 is 0. The minimum atomic E-state index is -0.312. The van der Waals surface area contributed by atoms with Gasteiger partial charge in [-0.05, 0) is 73.7 Å². The van der Waals surface area contributed by atoms with E-state index in [2.05, 4.69) is 22.3 Å². The lowest BCUT2D eigenvalue weighted by Gasteiger charge is -2.34. The van der Waals surface area contributed by atoms with Crippen molar-refractivity contribution in [2.45, 2.75) is 19.3 Å². The molecule has 6 heteroatoms. The number of ether oxygens (including phenoxy) is 1. The number of amides is 2. The molecule has 2 aromatic rings. The van der Waals surface area contributed by atoms with Crippen molar-refractivity contribution in [3.63, 3.8) is 0 Å². The molecular formula is C23H30FN3O2. The van der Waals surface area contributed by atoms with Gasteiger partial charge in [0.2, 0.25) is 0 Å². The minimum absolute atomic E-state index is 0.160. The van der Waals surface area contributed by atoms with Crippen molar-refractivity contribution in [1.82, 2.24) is 9.80 Å². The first kappa shape index (κ1) is 21.1. The Hall–Kier alpha value is -2.60. The van der Waals surface area contributed by atoms with Crippen LogP contribution in [-0.2, 0) is 6.42 Å². The molecule has 0 aromatic heterocycles. The molecule has 1 saturated heterocycles. The highest BCUT2D eigenvalue weighted by molar-refractivity contribution is 5.89. The molecular weight excluding hydrogens is 369 g/mol. The summed E-state index contributed by atoms with van der Waals surface area (Å²) in [5.41, 5.74) is 1.91. The number of halogens is 1. The summed E-state index contributed by atoms with van der Waals surface area (Å²) in [6.07, 6.45) is 3.30.